The molecule has 0 unspecified atom stereocenters. The number of hydrogen-bond acceptors (Lipinski definition) is 4. The number of carbonyl (C=O) groups excluding carboxylic acids is 1. The van der Waals surface area contributed by atoms with E-state index < -0.39 is 42.2 Å². The molecule has 0 bridgehead atoms. The Balaban J connectivity index is 1.24. The molecule has 3 heterocycles. The molecular formula is C29H25F5N6O. The van der Waals surface area contributed by atoms with Crippen LogP contribution < -0.4 is 5.32 Å². The van der Waals surface area contributed by atoms with Crippen molar-refractivity contribution in [3.63, 3.8) is 0 Å². The lowest BCUT2D eigenvalue weighted by Crippen LogP contribution is -2.53. The number of aromatic amines is 1. The lowest BCUT2D eigenvalue weighted by molar-refractivity contribution is -0.189. The zero-order valence-electron chi connectivity index (χ0n) is 21.8. The van der Waals surface area contributed by atoms with Crippen LogP contribution in [0.15, 0.2) is 60.8 Å². The number of aryl methyl sites for hydroxylation is 1. The van der Waals surface area contributed by atoms with Gasteiger partial charge in [-0.2, -0.15) is 23.4 Å². The Hall–Kier alpha value is -4.32. The first-order valence-corrected chi connectivity index (χ1v) is 13.0. The standard InChI is InChI=1S/C29H25F5N6O/c1-39-12-18-9-16(5-7-25(18)38-39)27-21-10-17(6-8-26(21)36-37-27)28(41)35-20-11-19(29(32,33)34)13-40(14-20)15-22-23(30)3-2-4-24(22)31/h2-10,12,19-20H,11,13-15H2,1H3,(H,35,41)(H,36,37)/t19-,20+/m1/s1. The maximum absolute atomic E-state index is 14.2. The monoisotopic (exact) mass is 568 g/mol. The molecule has 0 aliphatic carbocycles. The number of aromatic nitrogens is 4. The predicted molar refractivity (Wildman–Crippen MR) is 143 cm³/mol. The smallest absolute Gasteiger partial charge is 0.348 e. The van der Waals surface area contributed by atoms with Gasteiger partial charge in [0.1, 0.15) is 11.6 Å². The third-order valence-corrected chi connectivity index (χ3v) is 7.49. The predicted octanol–water partition coefficient (Wildman–Crippen LogP) is 5.58. The summed E-state index contributed by atoms with van der Waals surface area (Å²) in [4.78, 5) is 14.6. The second-order valence-corrected chi connectivity index (χ2v) is 10.4. The number of nitrogens with one attached hydrogen (secondary N) is 2. The van der Waals surface area contributed by atoms with Crippen LogP contribution in [-0.4, -0.2) is 56.1 Å². The quantitative estimate of drug-likeness (QED) is 0.272. The number of benzene rings is 3. The van der Waals surface area contributed by atoms with Gasteiger partial charge < -0.3 is 5.32 Å². The number of nitrogens with zero attached hydrogens (tertiary/aromatic N) is 4. The molecule has 0 radical (unpaired) electrons. The summed E-state index contributed by atoms with van der Waals surface area (Å²) in [6.07, 6.45) is -2.99. The number of alkyl halides is 3. The Bertz CT molecular complexity index is 1740. The first-order chi connectivity index (χ1) is 19.5. The molecule has 1 fully saturated rings. The summed E-state index contributed by atoms with van der Waals surface area (Å²) in [6.45, 7) is -0.755. The van der Waals surface area contributed by atoms with E-state index in [9.17, 15) is 26.7 Å². The van der Waals surface area contributed by atoms with Crippen LogP contribution in [0.25, 0.3) is 33.1 Å². The average Bonchev–Trinajstić information content (AvgIpc) is 3.51. The minimum absolute atomic E-state index is 0.0103. The summed E-state index contributed by atoms with van der Waals surface area (Å²) in [5, 5.41) is 16.1. The maximum Gasteiger partial charge on any atom is 0.393 e. The molecular weight excluding hydrogens is 543 g/mol. The van der Waals surface area contributed by atoms with Gasteiger partial charge >= 0.3 is 6.18 Å². The summed E-state index contributed by atoms with van der Waals surface area (Å²) >= 11 is 0. The van der Waals surface area contributed by atoms with E-state index in [0.717, 1.165) is 28.6 Å². The number of fused-ring (bicyclic) bond motifs is 2. The van der Waals surface area contributed by atoms with Gasteiger partial charge in [-0.05, 0) is 48.9 Å². The van der Waals surface area contributed by atoms with Crippen LogP contribution in [0.1, 0.15) is 22.3 Å². The molecule has 3 aromatic carbocycles. The number of rotatable bonds is 5. The molecule has 2 aromatic heterocycles. The molecule has 41 heavy (non-hydrogen) atoms. The molecule has 7 nitrogen and oxygen atoms in total. The highest BCUT2D eigenvalue weighted by Gasteiger charge is 2.45. The van der Waals surface area contributed by atoms with E-state index in [1.165, 1.54) is 11.0 Å². The van der Waals surface area contributed by atoms with E-state index >= 15 is 0 Å². The molecule has 5 aromatic rings. The zero-order chi connectivity index (χ0) is 28.9. The highest BCUT2D eigenvalue weighted by Crippen LogP contribution is 2.35. The summed E-state index contributed by atoms with van der Waals surface area (Å²) in [5.74, 6) is -3.97. The molecule has 212 valence electrons. The third-order valence-electron chi connectivity index (χ3n) is 7.49. The van der Waals surface area contributed by atoms with Gasteiger partial charge in [0, 0.05) is 66.4 Å². The number of amides is 1. The van der Waals surface area contributed by atoms with E-state index in [-0.39, 0.29) is 30.6 Å². The second kappa shape index (κ2) is 10.3. The van der Waals surface area contributed by atoms with Gasteiger partial charge in [-0.1, -0.05) is 12.1 Å². The average molecular weight is 569 g/mol. The number of piperidine rings is 1. The number of carbonyl (C=O) groups is 1. The van der Waals surface area contributed by atoms with E-state index in [1.54, 1.807) is 22.9 Å². The summed E-state index contributed by atoms with van der Waals surface area (Å²) in [7, 11) is 1.83. The molecule has 6 rings (SSSR count). The van der Waals surface area contributed by atoms with E-state index in [0.29, 0.717) is 16.6 Å². The lowest BCUT2D eigenvalue weighted by atomic mass is 9.92. The Morgan fingerprint density at radius 3 is 2.61 bits per heavy atom. The molecule has 1 aliphatic rings. The first kappa shape index (κ1) is 26.9. The SMILES string of the molecule is Cn1cc2cc(-c3n[nH]c4ccc(C(=O)N[C@H]5C[C@@H](C(F)(F)F)CN(Cc6c(F)cccc6F)C5)cc34)ccc2n1. The van der Waals surface area contributed by atoms with Gasteiger partial charge in [-0.25, -0.2) is 8.78 Å². The van der Waals surface area contributed by atoms with Crippen molar-refractivity contribution in [1.82, 2.24) is 30.2 Å². The van der Waals surface area contributed by atoms with Gasteiger partial charge in [0.05, 0.1) is 22.6 Å². The fourth-order valence-corrected chi connectivity index (χ4v) is 5.51. The van der Waals surface area contributed by atoms with Crippen molar-refractivity contribution in [2.24, 2.45) is 13.0 Å². The molecule has 2 atom stereocenters. The third kappa shape index (κ3) is 5.39. The number of halogens is 5. The fourth-order valence-electron chi connectivity index (χ4n) is 5.51. The molecule has 0 spiro atoms. The van der Waals surface area contributed by atoms with Gasteiger partial charge in [0.2, 0.25) is 0 Å². The van der Waals surface area contributed by atoms with E-state index in [1.807, 2.05) is 31.4 Å². The zero-order valence-corrected chi connectivity index (χ0v) is 21.8. The van der Waals surface area contributed by atoms with Crippen LogP contribution >= 0.6 is 0 Å². The van der Waals surface area contributed by atoms with Gasteiger partial charge in [0.15, 0.2) is 0 Å². The first-order valence-electron chi connectivity index (χ1n) is 13.0. The minimum atomic E-state index is -4.53. The maximum atomic E-state index is 14.2. The van der Waals surface area contributed by atoms with Gasteiger partial charge in [0.25, 0.3) is 5.91 Å². The normalized spacial score (nSPS) is 18.3. The van der Waals surface area contributed by atoms with Gasteiger partial charge in [-0.15, -0.1) is 0 Å². The molecule has 2 N–H and O–H groups in total. The van der Waals surface area contributed by atoms with Crippen molar-refractivity contribution < 1.29 is 26.7 Å². The largest absolute Gasteiger partial charge is 0.393 e. The van der Waals surface area contributed by atoms with Crippen LogP contribution in [0, 0.1) is 17.6 Å². The topological polar surface area (TPSA) is 78.8 Å². The van der Waals surface area contributed by atoms with Crippen molar-refractivity contribution in [3.8, 4) is 11.3 Å². The van der Waals surface area contributed by atoms with Crippen LogP contribution in [0.5, 0.6) is 0 Å². The van der Waals surface area contributed by atoms with Crippen molar-refractivity contribution in [3.05, 3.63) is 83.6 Å². The second-order valence-electron chi connectivity index (χ2n) is 10.4. The highest BCUT2D eigenvalue weighted by molar-refractivity contribution is 6.02. The number of hydrogen-bond donors (Lipinski definition) is 2. The van der Waals surface area contributed by atoms with Crippen molar-refractivity contribution in [2.45, 2.75) is 25.2 Å². The molecule has 12 heteroatoms. The van der Waals surface area contributed by atoms with Gasteiger partial charge in [-0.3, -0.25) is 19.5 Å². The van der Waals surface area contributed by atoms with Crippen LogP contribution in [-0.2, 0) is 13.6 Å². The number of likely N-dealkylation sites (tertiary alicyclic amines) is 1. The Kier molecular flexibility index (Phi) is 6.72. The van der Waals surface area contributed by atoms with E-state index in [4.69, 9.17) is 0 Å². The highest BCUT2D eigenvalue weighted by atomic mass is 19.4. The number of H-pyrrole nitrogens is 1. The molecule has 1 amide bonds. The van der Waals surface area contributed by atoms with E-state index in [2.05, 4.69) is 20.6 Å². The van der Waals surface area contributed by atoms with Crippen molar-refractivity contribution >= 4 is 27.7 Å². The molecule has 1 saturated heterocycles. The van der Waals surface area contributed by atoms with Crippen LogP contribution in [0.3, 0.4) is 0 Å². The molecule has 1 aliphatic heterocycles. The van der Waals surface area contributed by atoms with Crippen molar-refractivity contribution in [2.75, 3.05) is 13.1 Å². The summed E-state index contributed by atoms with van der Waals surface area (Å²) < 4.78 is 71.5. The van der Waals surface area contributed by atoms with Crippen molar-refractivity contribution in [1.29, 1.82) is 0 Å². The summed E-state index contributed by atoms with van der Waals surface area (Å²) in [5.41, 5.74) is 2.90. The van der Waals surface area contributed by atoms with Crippen LogP contribution in [0.4, 0.5) is 22.0 Å². The lowest BCUT2D eigenvalue weighted by Gasteiger charge is -2.38. The Labute approximate surface area is 230 Å². The fraction of sp³-hybridized carbons (Fsp3) is 0.276. The van der Waals surface area contributed by atoms with Crippen LogP contribution in [0.2, 0.25) is 0 Å². The Morgan fingerprint density at radius 1 is 1.07 bits per heavy atom. The Morgan fingerprint density at radius 2 is 1.85 bits per heavy atom. The minimum Gasteiger partial charge on any atom is -0.348 e. The summed E-state index contributed by atoms with van der Waals surface area (Å²) in [6, 6.07) is 13.1. The molecule has 0 saturated carbocycles.